The molecular weight excluding hydrogens is 399 g/mol. The average Bonchev–Trinajstić information content (AvgIpc) is 2.71. The molecule has 4 rings (SSSR count). The summed E-state index contributed by atoms with van der Waals surface area (Å²) in [5.41, 5.74) is 0.959. The molecule has 8 heteroatoms. The minimum atomic E-state index is -4.48. The Hall–Kier alpha value is -2.84. The standard InChI is InChI=1S/C21H16F3N3OS/c22-21(23,24)15-7-8-19-17(10-15)27(16-5-1-2-6-18(16)29-19)20(28)13-26-12-14-4-3-9-25-11-14/h1-11,26H,12-13H2. The molecule has 1 amide bonds. The number of nitrogens with zero attached hydrogens (tertiary/aromatic N) is 2. The number of pyridine rings is 1. The Kier molecular flexibility index (Phi) is 5.29. The molecule has 4 nitrogen and oxygen atoms in total. The number of carbonyl (C=O) groups is 1. The normalized spacial score (nSPS) is 13.0. The lowest BCUT2D eigenvalue weighted by Gasteiger charge is -2.31. The minimum absolute atomic E-state index is 0.0242. The Morgan fingerprint density at radius 1 is 1.03 bits per heavy atom. The van der Waals surface area contributed by atoms with E-state index >= 15 is 0 Å². The molecule has 148 valence electrons. The third kappa shape index (κ3) is 4.13. The summed E-state index contributed by atoms with van der Waals surface area (Å²) in [6, 6.07) is 14.4. The van der Waals surface area contributed by atoms with Gasteiger partial charge in [-0.3, -0.25) is 14.7 Å². The first-order valence-electron chi connectivity index (χ1n) is 8.84. The number of anilines is 2. The van der Waals surface area contributed by atoms with Crippen molar-refractivity contribution >= 4 is 29.0 Å². The second kappa shape index (κ2) is 7.88. The fourth-order valence-corrected chi connectivity index (χ4v) is 4.13. The van der Waals surface area contributed by atoms with Crippen LogP contribution >= 0.6 is 11.8 Å². The molecule has 0 radical (unpaired) electrons. The number of benzene rings is 2. The first kappa shape index (κ1) is 19.5. The molecule has 1 N–H and O–H groups in total. The van der Waals surface area contributed by atoms with E-state index in [2.05, 4.69) is 10.3 Å². The largest absolute Gasteiger partial charge is 0.416 e. The summed E-state index contributed by atoms with van der Waals surface area (Å²) in [4.78, 5) is 19.8. The van der Waals surface area contributed by atoms with Crippen LogP contribution < -0.4 is 10.2 Å². The van der Waals surface area contributed by atoms with Crippen molar-refractivity contribution in [3.05, 3.63) is 78.1 Å². The SMILES string of the molecule is O=C(CNCc1cccnc1)N1c2ccccc2Sc2ccc(C(F)(F)F)cc21. The molecule has 1 aromatic heterocycles. The van der Waals surface area contributed by atoms with E-state index in [0.29, 0.717) is 17.1 Å². The van der Waals surface area contributed by atoms with E-state index in [-0.39, 0.29) is 18.1 Å². The molecule has 0 bridgehead atoms. The highest BCUT2D eigenvalue weighted by molar-refractivity contribution is 7.99. The molecule has 0 unspecified atom stereocenters. The molecule has 1 aliphatic heterocycles. The molecule has 29 heavy (non-hydrogen) atoms. The Bertz CT molecular complexity index is 1040. The number of hydrogen-bond acceptors (Lipinski definition) is 4. The molecule has 0 aliphatic carbocycles. The van der Waals surface area contributed by atoms with Crippen LogP contribution in [0.15, 0.2) is 76.8 Å². The van der Waals surface area contributed by atoms with Crippen LogP contribution in [0.5, 0.6) is 0 Å². The van der Waals surface area contributed by atoms with E-state index in [1.54, 1.807) is 30.6 Å². The molecule has 2 heterocycles. The highest BCUT2D eigenvalue weighted by Crippen LogP contribution is 2.49. The smallest absolute Gasteiger partial charge is 0.304 e. The van der Waals surface area contributed by atoms with Crippen molar-refractivity contribution in [2.45, 2.75) is 22.5 Å². The van der Waals surface area contributed by atoms with Crippen molar-refractivity contribution in [3.8, 4) is 0 Å². The average molecular weight is 415 g/mol. The predicted octanol–water partition coefficient (Wildman–Crippen LogP) is 5.02. The number of rotatable bonds is 4. The summed E-state index contributed by atoms with van der Waals surface area (Å²) in [5.74, 6) is -0.331. The molecule has 0 fully saturated rings. The zero-order valence-corrected chi connectivity index (χ0v) is 15.9. The van der Waals surface area contributed by atoms with Gasteiger partial charge in [-0.15, -0.1) is 0 Å². The van der Waals surface area contributed by atoms with Gasteiger partial charge >= 0.3 is 6.18 Å². The summed E-state index contributed by atoms with van der Waals surface area (Å²) < 4.78 is 39.7. The lowest BCUT2D eigenvalue weighted by Crippen LogP contribution is -2.36. The third-order valence-electron chi connectivity index (χ3n) is 4.43. The van der Waals surface area contributed by atoms with Crippen molar-refractivity contribution < 1.29 is 18.0 Å². The summed E-state index contributed by atoms with van der Waals surface area (Å²) in [6.45, 7) is 0.406. The van der Waals surface area contributed by atoms with Crippen molar-refractivity contribution in [3.63, 3.8) is 0 Å². The summed E-state index contributed by atoms with van der Waals surface area (Å²) in [5, 5.41) is 3.04. The Morgan fingerprint density at radius 3 is 2.59 bits per heavy atom. The first-order chi connectivity index (χ1) is 13.9. The summed E-state index contributed by atoms with van der Waals surface area (Å²) in [7, 11) is 0. The number of aromatic nitrogens is 1. The highest BCUT2D eigenvalue weighted by Gasteiger charge is 2.34. The summed E-state index contributed by atoms with van der Waals surface area (Å²) in [6.07, 6.45) is -1.13. The quantitative estimate of drug-likeness (QED) is 0.650. The van der Waals surface area contributed by atoms with Gasteiger partial charge in [0.1, 0.15) is 0 Å². The van der Waals surface area contributed by atoms with Crippen LogP contribution in [-0.2, 0) is 17.5 Å². The van der Waals surface area contributed by atoms with Gasteiger partial charge in [-0.1, -0.05) is 30.0 Å². The fraction of sp³-hybridized carbons (Fsp3) is 0.143. The number of alkyl halides is 3. The number of amides is 1. The number of hydrogen-bond donors (Lipinski definition) is 1. The number of para-hydroxylation sites is 1. The Balaban J connectivity index is 1.63. The fourth-order valence-electron chi connectivity index (χ4n) is 3.10. The maximum atomic E-state index is 13.2. The van der Waals surface area contributed by atoms with E-state index in [9.17, 15) is 18.0 Å². The molecule has 0 saturated carbocycles. The monoisotopic (exact) mass is 415 g/mol. The van der Waals surface area contributed by atoms with Gasteiger partial charge in [0, 0.05) is 28.7 Å². The van der Waals surface area contributed by atoms with Gasteiger partial charge in [0.15, 0.2) is 0 Å². The van der Waals surface area contributed by atoms with E-state index < -0.39 is 11.7 Å². The highest BCUT2D eigenvalue weighted by atomic mass is 32.2. The number of carbonyl (C=O) groups excluding carboxylic acids is 1. The Labute approximate surface area is 169 Å². The molecular formula is C21H16F3N3OS. The zero-order chi connectivity index (χ0) is 20.4. The number of halogens is 3. The van der Waals surface area contributed by atoms with Crippen LogP contribution in [0.3, 0.4) is 0 Å². The van der Waals surface area contributed by atoms with E-state index in [0.717, 1.165) is 22.6 Å². The van der Waals surface area contributed by atoms with E-state index in [4.69, 9.17) is 0 Å². The lowest BCUT2D eigenvalue weighted by molar-refractivity contribution is -0.137. The topological polar surface area (TPSA) is 45.2 Å². The van der Waals surface area contributed by atoms with Gasteiger partial charge in [0.25, 0.3) is 0 Å². The van der Waals surface area contributed by atoms with Crippen LogP contribution in [0.2, 0.25) is 0 Å². The maximum absolute atomic E-state index is 13.2. The van der Waals surface area contributed by atoms with Gasteiger partial charge in [0.2, 0.25) is 5.91 Å². The molecule has 2 aromatic carbocycles. The number of nitrogens with one attached hydrogen (secondary N) is 1. The minimum Gasteiger partial charge on any atom is -0.304 e. The van der Waals surface area contributed by atoms with Gasteiger partial charge in [-0.25, -0.2) is 0 Å². The summed E-state index contributed by atoms with van der Waals surface area (Å²) >= 11 is 1.35. The van der Waals surface area contributed by atoms with Crippen molar-refractivity contribution in [2.75, 3.05) is 11.4 Å². The van der Waals surface area contributed by atoms with E-state index in [1.807, 2.05) is 18.2 Å². The van der Waals surface area contributed by atoms with Gasteiger partial charge in [-0.05, 0) is 42.0 Å². The molecule has 0 saturated heterocycles. The van der Waals surface area contributed by atoms with Crippen LogP contribution in [0.25, 0.3) is 0 Å². The third-order valence-corrected chi connectivity index (χ3v) is 5.56. The van der Waals surface area contributed by atoms with Crippen LogP contribution in [-0.4, -0.2) is 17.4 Å². The zero-order valence-electron chi connectivity index (χ0n) is 15.1. The predicted molar refractivity (Wildman–Crippen MR) is 105 cm³/mol. The molecule has 1 aliphatic rings. The molecule has 0 spiro atoms. The van der Waals surface area contributed by atoms with Gasteiger partial charge in [0.05, 0.1) is 23.5 Å². The number of fused-ring (bicyclic) bond motifs is 2. The van der Waals surface area contributed by atoms with Crippen molar-refractivity contribution in [1.29, 1.82) is 0 Å². The second-order valence-electron chi connectivity index (χ2n) is 6.44. The van der Waals surface area contributed by atoms with Crippen LogP contribution in [0, 0.1) is 0 Å². The first-order valence-corrected chi connectivity index (χ1v) is 9.66. The van der Waals surface area contributed by atoms with Crippen LogP contribution in [0.1, 0.15) is 11.1 Å². The Morgan fingerprint density at radius 2 is 1.83 bits per heavy atom. The van der Waals surface area contributed by atoms with E-state index in [1.165, 1.54) is 22.7 Å². The maximum Gasteiger partial charge on any atom is 0.416 e. The van der Waals surface area contributed by atoms with Crippen molar-refractivity contribution in [1.82, 2.24) is 10.3 Å². The molecule has 0 atom stereocenters. The molecule has 3 aromatic rings. The van der Waals surface area contributed by atoms with Crippen molar-refractivity contribution in [2.24, 2.45) is 0 Å². The van der Waals surface area contributed by atoms with Gasteiger partial charge < -0.3 is 5.32 Å². The van der Waals surface area contributed by atoms with Gasteiger partial charge in [-0.2, -0.15) is 13.2 Å². The lowest BCUT2D eigenvalue weighted by atomic mass is 10.1. The van der Waals surface area contributed by atoms with Crippen LogP contribution in [0.4, 0.5) is 24.5 Å². The second-order valence-corrected chi connectivity index (χ2v) is 7.53.